The van der Waals surface area contributed by atoms with Crippen LogP contribution >= 0.6 is 0 Å². The van der Waals surface area contributed by atoms with E-state index in [2.05, 4.69) is 16.0 Å². The quantitative estimate of drug-likeness (QED) is 0.385. The number of sulfonamides is 1. The van der Waals surface area contributed by atoms with Crippen LogP contribution in [0, 0.1) is 10.1 Å². The second-order valence-corrected chi connectivity index (χ2v) is 7.33. The molecule has 1 aliphatic heterocycles. The lowest BCUT2D eigenvalue weighted by molar-refractivity contribution is -0.384. The zero-order valence-corrected chi connectivity index (χ0v) is 14.3. The maximum atomic E-state index is 11.9. The number of nitro groups is 1. The highest BCUT2D eigenvalue weighted by Gasteiger charge is 2.19. The molecule has 10 nitrogen and oxygen atoms in total. The summed E-state index contributed by atoms with van der Waals surface area (Å²) in [6.07, 6.45) is 2.07. The van der Waals surface area contributed by atoms with E-state index >= 15 is 0 Å². The molecule has 0 bridgehead atoms. The van der Waals surface area contributed by atoms with Gasteiger partial charge in [-0.2, -0.15) is 0 Å². The van der Waals surface area contributed by atoms with Crippen molar-refractivity contribution >= 4 is 27.3 Å². The van der Waals surface area contributed by atoms with Crippen LogP contribution in [-0.4, -0.2) is 44.9 Å². The number of nitrogens with zero attached hydrogens (tertiary/aromatic N) is 1. The number of benzene rings is 1. The second kappa shape index (κ2) is 8.23. The Labute approximate surface area is 145 Å². The summed E-state index contributed by atoms with van der Waals surface area (Å²) in [4.78, 5) is 22.0. The number of rotatable bonds is 7. The molecule has 11 heteroatoms. The molecule has 1 aromatic rings. The highest BCUT2D eigenvalue weighted by Crippen LogP contribution is 2.27. The van der Waals surface area contributed by atoms with Gasteiger partial charge in [-0.05, 0) is 31.5 Å². The topological polar surface area (TPSA) is 156 Å². The molecule has 138 valence electrons. The zero-order chi connectivity index (χ0) is 18.4. The van der Waals surface area contributed by atoms with Crippen molar-refractivity contribution in [3.63, 3.8) is 0 Å². The summed E-state index contributed by atoms with van der Waals surface area (Å²) in [5, 5.41) is 25.0. The Bertz CT molecular complexity index is 746. The van der Waals surface area contributed by atoms with E-state index in [0.29, 0.717) is 0 Å². The highest BCUT2D eigenvalue weighted by molar-refractivity contribution is 7.89. The van der Waals surface area contributed by atoms with Crippen molar-refractivity contribution < 1.29 is 18.1 Å². The lowest BCUT2D eigenvalue weighted by atomic mass is 10.1. The van der Waals surface area contributed by atoms with Gasteiger partial charge in [0, 0.05) is 31.6 Å². The third kappa shape index (κ3) is 5.66. The average molecular weight is 371 g/mol. The lowest BCUT2D eigenvalue weighted by Gasteiger charge is -2.23. The van der Waals surface area contributed by atoms with Crippen molar-refractivity contribution in [2.24, 2.45) is 5.14 Å². The van der Waals surface area contributed by atoms with Crippen molar-refractivity contribution in [2.75, 3.05) is 25.0 Å². The number of hydrogen-bond donors (Lipinski definition) is 4. The molecule has 1 saturated heterocycles. The van der Waals surface area contributed by atoms with Gasteiger partial charge >= 0.3 is 0 Å². The monoisotopic (exact) mass is 371 g/mol. The molecule has 1 aromatic carbocycles. The van der Waals surface area contributed by atoms with Crippen LogP contribution in [0.25, 0.3) is 0 Å². The van der Waals surface area contributed by atoms with Gasteiger partial charge in [0.2, 0.25) is 15.9 Å². The Kier molecular flexibility index (Phi) is 6.28. The minimum absolute atomic E-state index is 0.102. The first kappa shape index (κ1) is 19.1. The number of nitro benzene ring substituents is 1. The number of nitrogens with one attached hydrogen (secondary N) is 3. The molecule has 1 atom stereocenters. The Morgan fingerprint density at radius 2 is 2.20 bits per heavy atom. The first-order chi connectivity index (χ1) is 11.8. The second-order valence-electron chi connectivity index (χ2n) is 5.77. The number of piperidine rings is 1. The molecule has 1 unspecified atom stereocenters. The molecule has 25 heavy (non-hydrogen) atoms. The number of carbonyl (C=O) groups excluding carboxylic acids is 1. The molecule has 1 heterocycles. The molecular formula is C14H21N5O5S. The predicted molar refractivity (Wildman–Crippen MR) is 91.6 cm³/mol. The molecule has 2 rings (SSSR count). The summed E-state index contributed by atoms with van der Waals surface area (Å²) in [7, 11) is -4.03. The summed E-state index contributed by atoms with van der Waals surface area (Å²) in [5.41, 5.74) is -0.284. The minimum Gasteiger partial charge on any atom is -0.379 e. The van der Waals surface area contributed by atoms with Crippen LogP contribution in [0.15, 0.2) is 23.1 Å². The van der Waals surface area contributed by atoms with Crippen molar-refractivity contribution in [1.29, 1.82) is 0 Å². The summed E-state index contributed by atoms with van der Waals surface area (Å²) in [5.74, 6) is -0.148. The molecule has 0 aliphatic carbocycles. The van der Waals surface area contributed by atoms with E-state index in [9.17, 15) is 23.3 Å². The van der Waals surface area contributed by atoms with E-state index < -0.39 is 20.6 Å². The maximum Gasteiger partial charge on any atom is 0.293 e. The predicted octanol–water partition coefficient (Wildman–Crippen LogP) is -0.0876. The van der Waals surface area contributed by atoms with Crippen molar-refractivity contribution in [2.45, 2.75) is 30.2 Å². The molecule has 0 saturated carbocycles. The normalized spacial score (nSPS) is 17.7. The fraction of sp³-hybridized carbons (Fsp3) is 0.500. The molecule has 0 aromatic heterocycles. The Hall–Kier alpha value is -2.24. The van der Waals surface area contributed by atoms with E-state index in [-0.39, 0.29) is 35.5 Å². The number of carbonyl (C=O) groups is 1. The Morgan fingerprint density at radius 1 is 1.44 bits per heavy atom. The number of anilines is 1. The SMILES string of the molecule is NS(=O)(=O)c1ccc(NCCC(=O)NC2CCCNC2)c([N+](=O)[O-])c1. The van der Waals surface area contributed by atoms with Gasteiger partial charge in [-0.15, -0.1) is 0 Å². The number of hydrogen-bond acceptors (Lipinski definition) is 7. The van der Waals surface area contributed by atoms with Gasteiger partial charge in [-0.3, -0.25) is 14.9 Å². The number of nitrogens with two attached hydrogens (primary N) is 1. The molecule has 0 radical (unpaired) electrons. The van der Waals surface area contributed by atoms with E-state index in [1.807, 2.05) is 0 Å². The fourth-order valence-electron chi connectivity index (χ4n) is 2.57. The third-order valence-corrected chi connectivity index (χ3v) is 4.73. The summed E-state index contributed by atoms with van der Waals surface area (Å²) >= 11 is 0. The van der Waals surface area contributed by atoms with Crippen LogP contribution in [0.5, 0.6) is 0 Å². The van der Waals surface area contributed by atoms with Gasteiger partial charge in [-0.25, -0.2) is 13.6 Å². The molecule has 1 amide bonds. The van der Waals surface area contributed by atoms with Crippen LogP contribution in [0.2, 0.25) is 0 Å². The van der Waals surface area contributed by atoms with Crippen LogP contribution in [0.1, 0.15) is 19.3 Å². The number of primary sulfonamides is 1. The summed E-state index contributed by atoms with van der Waals surface area (Å²) in [6, 6.07) is 3.44. The van der Waals surface area contributed by atoms with E-state index in [1.165, 1.54) is 12.1 Å². The average Bonchev–Trinajstić information content (AvgIpc) is 2.54. The largest absolute Gasteiger partial charge is 0.379 e. The van der Waals surface area contributed by atoms with Crippen LogP contribution in [0.4, 0.5) is 11.4 Å². The Balaban J connectivity index is 1.93. The fourth-order valence-corrected chi connectivity index (χ4v) is 3.11. The van der Waals surface area contributed by atoms with Crippen molar-refractivity contribution in [1.82, 2.24) is 10.6 Å². The minimum atomic E-state index is -4.03. The smallest absolute Gasteiger partial charge is 0.293 e. The standard InChI is InChI=1S/C14H21N5O5S/c15-25(23,24)11-3-4-12(13(8-11)19(21)22)17-7-5-14(20)18-10-2-1-6-16-9-10/h3-4,8,10,16-17H,1-2,5-7,9H2,(H,18,20)(H2,15,23,24). The summed E-state index contributed by atoms with van der Waals surface area (Å²) < 4.78 is 22.6. The van der Waals surface area contributed by atoms with Crippen LogP contribution in [0.3, 0.4) is 0 Å². The van der Waals surface area contributed by atoms with E-state index in [4.69, 9.17) is 5.14 Å². The molecule has 1 aliphatic rings. The number of amides is 1. The van der Waals surface area contributed by atoms with Gasteiger partial charge in [0.05, 0.1) is 9.82 Å². The van der Waals surface area contributed by atoms with Crippen molar-refractivity contribution in [3.05, 3.63) is 28.3 Å². The van der Waals surface area contributed by atoms with Gasteiger partial charge in [0.25, 0.3) is 5.69 Å². The van der Waals surface area contributed by atoms with Crippen molar-refractivity contribution in [3.8, 4) is 0 Å². The first-order valence-electron chi connectivity index (χ1n) is 7.82. The van der Waals surface area contributed by atoms with E-state index in [1.54, 1.807) is 0 Å². The molecule has 0 spiro atoms. The Morgan fingerprint density at radius 3 is 2.80 bits per heavy atom. The van der Waals surface area contributed by atoms with Crippen LogP contribution < -0.4 is 21.1 Å². The molecule has 1 fully saturated rings. The third-order valence-electron chi connectivity index (χ3n) is 3.82. The molecule has 5 N–H and O–H groups in total. The van der Waals surface area contributed by atoms with Gasteiger partial charge in [0.15, 0.2) is 0 Å². The van der Waals surface area contributed by atoms with Gasteiger partial charge in [0.1, 0.15) is 5.69 Å². The molecular weight excluding hydrogens is 350 g/mol. The lowest BCUT2D eigenvalue weighted by Crippen LogP contribution is -2.45. The van der Waals surface area contributed by atoms with E-state index in [0.717, 1.165) is 32.0 Å². The van der Waals surface area contributed by atoms with Gasteiger partial charge in [-0.1, -0.05) is 0 Å². The summed E-state index contributed by atoms with van der Waals surface area (Å²) in [6.45, 7) is 1.87. The van der Waals surface area contributed by atoms with Crippen LogP contribution in [-0.2, 0) is 14.8 Å². The maximum absolute atomic E-state index is 11.9. The van der Waals surface area contributed by atoms with Gasteiger partial charge < -0.3 is 16.0 Å². The highest BCUT2D eigenvalue weighted by atomic mass is 32.2. The first-order valence-corrected chi connectivity index (χ1v) is 9.37. The zero-order valence-electron chi connectivity index (χ0n) is 13.5.